The minimum absolute atomic E-state index is 0.0343. The molecule has 1 aliphatic heterocycles. The van der Waals surface area contributed by atoms with E-state index in [-0.39, 0.29) is 18.4 Å². The van der Waals surface area contributed by atoms with Crippen LogP contribution < -0.4 is 4.74 Å². The minimum Gasteiger partial charge on any atom is -0.481 e. The number of hydrogen-bond donors (Lipinski definition) is 1. The fourth-order valence-corrected chi connectivity index (χ4v) is 2.93. The van der Waals surface area contributed by atoms with Crippen LogP contribution in [0.3, 0.4) is 0 Å². The number of hydrogen-bond acceptors (Lipinski definition) is 3. The molecule has 1 fully saturated rings. The van der Waals surface area contributed by atoms with Gasteiger partial charge < -0.3 is 14.7 Å². The van der Waals surface area contributed by atoms with Gasteiger partial charge in [0, 0.05) is 13.1 Å². The smallest absolute Gasteiger partial charge is 0.308 e. The lowest BCUT2D eigenvalue weighted by molar-refractivity contribution is -0.142. The van der Waals surface area contributed by atoms with Gasteiger partial charge in [-0.1, -0.05) is 32.9 Å². The number of aliphatic carboxylic acids is 1. The standard InChI is InChI=1S/C18H25NO4/c1-11(2)14-6-5-7-15(8-14)23-13(4)17(20)19-9-12(3)16(10-19)18(21)22/h5-8,11-13,16H,9-10H2,1-4H3,(H,21,22)/t12-,13?,16-/m1/s1. The molecule has 0 aliphatic carbocycles. The average molecular weight is 319 g/mol. The molecule has 1 aliphatic rings. The average Bonchev–Trinajstić information content (AvgIpc) is 2.88. The van der Waals surface area contributed by atoms with Gasteiger partial charge in [0.05, 0.1) is 5.92 Å². The van der Waals surface area contributed by atoms with Gasteiger partial charge >= 0.3 is 5.97 Å². The Balaban J connectivity index is 2.01. The highest BCUT2D eigenvalue weighted by molar-refractivity contribution is 5.82. The van der Waals surface area contributed by atoms with E-state index >= 15 is 0 Å². The summed E-state index contributed by atoms with van der Waals surface area (Å²) >= 11 is 0. The van der Waals surface area contributed by atoms with Crippen molar-refractivity contribution in [3.8, 4) is 5.75 Å². The van der Waals surface area contributed by atoms with Crippen molar-refractivity contribution in [2.75, 3.05) is 13.1 Å². The Bertz CT molecular complexity index is 584. The molecule has 1 aromatic carbocycles. The second-order valence-corrected chi connectivity index (χ2v) is 6.65. The molecule has 1 unspecified atom stereocenters. The van der Waals surface area contributed by atoms with E-state index in [0.29, 0.717) is 18.2 Å². The summed E-state index contributed by atoms with van der Waals surface area (Å²) in [7, 11) is 0. The molecule has 0 aromatic heterocycles. The van der Waals surface area contributed by atoms with Gasteiger partial charge in [0.1, 0.15) is 5.75 Å². The van der Waals surface area contributed by atoms with Gasteiger partial charge in [0.2, 0.25) is 0 Å². The second kappa shape index (κ2) is 7.02. The Morgan fingerprint density at radius 3 is 2.52 bits per heavy atom. The lowest BCUT2D eigenvalue weighted by Gasteiger charge is -2.22. The third-order valence-electron chi connectivity index (χ3n) is 4.43. The maximum atomic E-state index is 12.5. The number of amides is 1. The van der Waals surface area contributed by atoms with E-state index < -0.39 is 18.0 Å². The van der Waals surface area contributed by atoms with Crippen molar-refractivity contribution < 1.29 is 19.4 Å². The normalized spacial score (nSPS) is 22.2. The summed E-state index contributed by atoms with van der Waals surface area (Å²) < 4.78 is 5.77. The summed E-state index contributed by atoms with van der Waals surface area (Å²) in [4.78, 5) is 25.3. The van der Waals surface area contributed by atoms with Gasteiger partial charge in [-0.15, -0.1) is 0 Å². The molecule has 0 radical (unpaired) electrons. The molecular weight excluding hydrogens is 294 g/mol. The second-order valence-electron chi connectivity index (χ2n) is 6.65. The first-order chi connectivity index (χ1) is 10.8. The van der Waals surface area contributed by atoms with Crippen molar-refractivity contribution in [2.24, 2.45) is 11.8 Å². The molecule has 0 bridgehead atoms. The largest absolute Gasteiger partial charge is 0.481 e. The first-order valence-corrected chi connectivity index (χ1v) is 8.07. The van der Waals surface area contributed by atoms with Gasteiger partial charge in [-0.3, -0.25) is 9.59 Å². The van der Waals surface area contributed by atoms with Crippen molar-refractivity contribution in [3.63, 3.8) is 0 Å². The van der Waals surface area contributed by atoms with E-state index in [1.807, 2.05) is 31.2 Å². The topological polar surface area (TPSA) is 66.8 Å². The molecule has 1 N–H and O–H groups in total. The highest BCUT2D eigenvalue weighted by atomic mass is 16.5. The zero-order valence-electron chi connectivity index (χ0n) is 14.2. The predicted octanol–water partition coefficient (Wildman–Crippen LogP) is 2.76. The maximum Gasteiger partial charge on any atom is 0.308 e. The van der Waals surface area contributed by atoms with E-state index in [2.05, 4.69) is 13.8 Å². The highest BCUT2D eigenvalue weighted by Crippen LogP contribution is 2.25. The summed E-state index contributed by atoms with van der Waals surface area (Å²) in [5, 5.41) is 9.17. The first kappa shape index (κ1) is 17.3. The number of benzene rings is 1. The molecule has 126 valence electrons. The van der Waals surface area contributed by atoms with Crippen LogP contribution in [0.25, 0.3) is 0 Å². The summed E-state index contributed by atoms with van der Waals surface area (Å²) in [6.45, 7) is 8.51. The number of carbonyl (C=O) groups excluding carboxylic acids is 1. The van der Waals surface area contributed by atoms with Crippen LogP contribution in [0.15, 0.2) is 24.3 Å². The molecule has 23 heavy (non-hydrogen) atoms. The Morgan fingerprint density at radius 1 is 1.26 bits per heavy atom. The number of rotatable bonds is 5. The molecule has 1 heterocycles. The van der Waals surface area contributed by atoms with Gasteiger partial charge in [-0.2, -0.15) is 0 Å². The van der Waals surface area contributed by atoms with E-state index in [4.69, 9.17) is 4.74 Å². The van der Waals surface area contributed by atoms with Crippen molar-refractivity contribution in [1.29, 1.82) is 0 Å². The van der Waals surface area contributed by atoms with Crippen molar-refractivity contribution in [2.45, 2.75) is 39.7 Å². The molecule has 5 heteroatoms. The van der Waals surface area contributed by atoms with Crippen molar-refractivity contribution in [1.82, 2.24) is 4.90 Å². The highest BCUT2D eigenvalue weighted by Gasteiger charge is 2.38. The molecule has 0 spiro atoms. The summed E-state index contributed by atoms with van der Waals surface area (Å²) in [6, 6.07) is 7.73. The van der Waals surface area contributed by atoms with Crippen LogP contribution in [0.4, 0.5) is 0 Å². The Labute approximate surface area is 137 Å². The molecule has 1 amide bonds. The fourth-order valence-electron chi connectivity index (χ4n) is 2.93. The summed E-state index contributed by atoms with van der Waals surface area (Å²) in [5.74, 6) is -0.468. The van der Waals surface area contributed by atoms with Crippen LogP contribution in [0.5, 0.6) is 5.75 Å². The van der Waals surface area contributed by atoms with Crippen LogP contribution >= 0.6 is 0 Å². The van der Waals surface area contributed by atoms with Crippen molar-refractivity contribution >= 4 is 11.9 Å². The van der Waals surface area contributed by atoms with Crippen molar-refractivity contribution in [3.05, 3.63) is 29.8 Å². The van der Waals surface area contributed by atoms with Crippen LogP contribution in [0, 0.1) is 11.8 Å². The number of carboxylic acid groups (broad SMARTS) is 1. The molecule has 5 nitrogen and oxygen atoms in total. The number of carbonyl (C=O) groups is 2. The first-order valence-electron chi connectivity index (χ1n) is 8.07. The lowest BCUT2D eigenvalue weighted by Crippen LogP contribution is -2.39. The monoisotopic (exact) mass is 319 g/mol. The zero-order chi connectivity index (χ0) is 17.1. The number of likely N-dealkylation sites (tertiary alicyclic amines) is 1. The van der Waals surface area contributed by atoms with Crippen LogP contribution in [-0.4, -0.2) is 41.1 Å². The predicted molar refractivity (Wildman–Crippen MR) is 87.5 cm³/mol. The molecule has 1 aromatic rings. The van der Waals surface area contributed by atoms with Gasteiger partial charge in [0.15, 0.2) is 6.10 Å². The van der Waals surface area contributed by atoms with Gasteiger partial charge in [0.25, 0.3) is 5.91 Å². The van der Waals surface area contributed by atoms with Crippen LogP contribution in [0.2, 0.25) is 0 Å². The van der Waals surface area contributed by atoms with Crippen LogP contribution in [0.1, 0.15) is 39.2 Å². The third kappa shape index (κ3) is 4.03. The van der Waals surface area contributed by atoms with Gasteiger partial charge in [-0.05, 0) is 36.5 Å². The van der Waals surface area contributed by atoms with Crippen LogP contribution in [-0.2, 0) is 9.59 Å². The van der Waals surface area contributed by atoms with E-state index in [1.165, 1.54) is 0 Å². The van der Waals surface area contributed by atoms with Gasteiger partial charge in [-0.25, -0.2) is 0 Å². The fraction of sp³-hybridized carbons (Fsp3) is 0.556. The number of ether oxygens (including phenoxy) is 1. The minimum atomic E-state index is -0.842. The molecule has 0 saturated carbocycles. The molecular formula is C18H25NO4. The summed E-state index contributed by atoms with van der Waals surface area (Å²) in [6.07, 6.45) is -0.628. The Morgan fingerprint density at radius 2 is 1.96 bits per heavy atom. The lowest BCUT2D eigenvalue weighted by atomic mass is 9.99. The maximum absolute atomic E-state index is 12.5. The number of nitrogens with zero attached hydrogens (tertiary/aromatic N) is 1. The number of carboxylic acids is 1. The zero-order valence-corrected chi connectivity index (χ0v) is 14.2. The Kier molecular flexibility index (Phi) is 5.29. The van der Waals surface area contributed by atoms with E-state index in [0.717, 1.165) is 5.56 Å². The molecule has 3 atom stereocenters. The summed E-state index contributed by atoms with van der Waals surface area (Å²) in [5.41, 5.74) is 1.16. The van der Waals surface area contributed by atoms with E-state index in [1.54, 1.807) is 11.8 Å². The molecule has 2 rings (SSSR count). The quantitative estimate of drug-likeness (QED) is 0.906. The molecule has 1 saturated heterocycles. The SMILES string of the molecule is CC(Oc1cccc(C(C)C)c1)C(=O)N1C[C@@H](C)[C@H](C(=O)O)C1. The third-order valence-corrected chi connectivity index (χ3v) is 4.43. The Hall–Kier alpha value is -2.04. The van der Waals surface area contributed by atoms with E-state index in [9.17, 15) is 14.7 Å².